The number of ether oxygens (including phenoxy) is 1. The molecule has 0 amide bonds. The highest BCUT2D eigenvalue weighted by atomic mass is 79.9. The molecule has 0 aliphatic rings. The van der Waals surface area contributed by atoms with Crippen molar-refractivity contribution in [3.63, 3.8) is 0 Å². The number of esters is 1. The molecule has 0 atom stereocenters. The van der Waals surface area contributed by atoms with Gasteiger partial charge in [0.2, 0.25) is 0 Å². The van der Waals surface area contributed by atoms with Crippen molar-refractivity contribution in [2.24, 2.45) is 0 Å². The molecule has 0 unspecified atom stereocenters. The van der Waals surface area contributed by atoms with Gasteiger partial charge in [-0.1, -0.05) is 67.1 Å². The quantitative estimate of drug-likeness (QED) is 0.194. The van der Waals surface area contributed by atoms with E-state index in [-0.39, 0.29) is 5.97 Å². The molecule has 0 heterocycles. The number of rotatable bonds is 12. The number of alkyl halides is 1. The summed E-state index contributed by atoms with van der Waals surface area (Å²) in [6.45, 7) is 2.21. The van der Waals surface area contributed by atoms with Crippen molar-refractivity contribution < 1.29 is 9.53 Å². The lowest BCUT2D eigenvalue weighted by atomic mass is 10.1. The summed E-state index contributed by atoms with van der Waals surface area (Å²) < 4.78 is 5.44. The van der Waals surface area contributed by atoms with Crippen LogP contribution in [0.4, 0.5) is 0 Å². The van der Waals surface area contributed by atoms with E-state index in [1.165, 1.54) is 44.1 Å². The molecule has 1 aromatic rings. The molecule has 0 saturated carbocycles. The first-order valence-corrected chi connectivity index (χ1v) is 9.74. The molecule has 22 heavy (non-hydrogen) atoms. The fourth-order valence-electron chi connectivity index (χ4n) is 2.42. The normalized spacial score (nSPS) is 10.6. The standard InChI is InChI=1S/C19H29BrO2/c1-2-3-7-11-17-12-10-13-18(16-17)22-19(21)14-8-5-4-6-9-15-20/h10,12-13,16H,2-9,11,14-15H2,1H3. The molecule has 0 spiro atoms. The molecular weight excluding hydrogens is 340 g/mol. The van der Waals surface area contributed by atoms with E-state index < -0.39 is 0 Å². The van der Waals surface area contributed by atoms with Gasteiger partial charge in [0.1, 0.15) is 5.75 Å². The van der Waals surface area contributed by atoms with E-state index >= 15 is 0 Å². The van der Waals surface area contributed by atoms with E-state index in [1.807, 2.05) is 18.2 Å². The Labute approximate surface area is 143 Å². The van der Waals surface area contributed by atoms with Gasteiger partial charge >= 0.3 is 5.97 Å². The Morgan fingerprint density at radius 1 is 1.05 bits per heavy atom. The second kappa shape index (κ2) is 12.7. The Morgan fingerprint density at radius 3 is 2.59 bits per heavy atom. The van der Waals surface area contributed by atoms with E-state index in [2.05, 4.69) is 28.9 Å². The van der Waals surface area contributed by atoms with Crippen molar-refractivity contribution in [3.8, 4) is 5.75 Å². The molecule has 124 valence electrons. The van der Waals surface area contributed by atoms with Gasteiger partial charge in [-0.25, -0.2) is 0 Å². The third kappa shape index (κ3) is 9.24. The van der Waals surface area contributed by atoms with Crippen molar-refractivity contribution in [3.05, 3.63) is 29.8 Å². The highest BCUT2D eigenvalue weighted by Gasteiger charge is 2.05. The van der Waals surface area contributed by atoms with E-state index in [0.717, 1.165) is 24.6 Å². The lowest BCUT2D eigenvalue weighted by Crippen LogP contribution is -2.07. The van der Waals surface area contributed by atoms with Gasteiger partial charge in [0.05, 0.1) is 0 Å². The zero-order chi connectivity index (χ0) is 16.0. The van der Waals surface area contributed by atoms with E-state index in [1.54, 1.807) is 0 Å². The van der Waals surface area contributed by atoms with Gasteiger partial charge in [-0.05, 0) is 43.4 Å². The Bertz CT molecular complexity index is 418. The van der Waals surface area contributed by atoms with Crippen molar-refractivity contribution >= 4 is 21.9 Å². The van der Waals surface area contributed by atoms with Crippen molar-refractivity contribution in [2.75, 3.05) is 5.33 Å². The maximum absolute atomic E-state index is 11.8. The van der Waals surface area contributed by atoms with E-state index in [9.17, 15) is 4.79 Å². The molecule has 1 aromatic carbocycles. The third-order valence-electron chi connectivity index (χ3n) is 3.71. The van der Waals surface area contributed by atoms with Crippen LogP contribution in [0.2, 0.25) is 0 Å². The first-order valence-electron chi connectivity index (χ1n) is 8.62. The number of hydrogen-bond acceptors (Lipinski definition) is 2. The van der Waals surface area contributed by atoms with Crippen LogP contribution >= 0.6 is 15.9 Å². The molecule has 0 saturated heterocycles. The number of carbonyl (C=O) groups excluding carboxylic acids is 1. The zero-order valence-corrected chi connectivity index (χ0v) is 15.4. The summed E-state index contributed by atoms with van der Waals surface area (Å²) in [4.78, 5) is 11.8. The van der Waals surface area contributed by atoms with Crippen LogP contribution in [-0.4, -0.2) is 11.3 Å². The van der Waals surface area contributed by atoms with Gasteiger partial charge < -0.3 is 4.74 Å². The summed E-state index contributed by atoms with van der Waals surface area (Å²) in [6.07, 6.45) is 10.9. The Hall–Kier alpha value is -0.830. The van der Waals surface area contributed by atoms with Crippen LogP contribution in [0.15, 0.2) is 24.3 Å². The number of carbonyl (C=O) groups is 1. The zero-order valence-electron chi connectivity index (χ0n) is 13.8. The monoisotopic (exact) mass is 368 g/mol. The second-order valence-corrected chi connectivity index (χ2v) is 6.58. The maximum Gasteiger partial charge on any atom is 0.311 e. The molecule has 0 radical (unpaired) electrons. The van der Waals surface area contributed by atoms with Gasteiger partial charge in [0.15, 0.2) is 0 Å². The lowest BCUT2D eigenvalue weighted by molar-refractivity contribution is -0.134. The first-order chi connectivity index (χ1) is 10.8. The van der Waals surface area contributed by atoms with Crippen LogP contribution in [0.25, 0.3) is 0 Å². The van der Waals surface area contributed by atoms with Crippen LogP contribution in [0.1, 0.15) is 70.3 Å². The fourth-order valence-corrected chi connectivity index (χ4v) is 2.82. The Balaban J connectivity index is 2.24. The smallest absolute Gasteiger partial charge is 0.311 e. The highest BCUT2D eigenvalue weighted by molar-refractivity contribution is 9.09. The van der Waals surface area contributed by atoms with Gasteiger partial charge in [0.25, 0.3) is 0 Å². The van der Waals surface area contributed by atoms with Crippen molar-refractivity contribution in [1.29, 1.82) is 0 Å². The SMILES string of the molecule is CCCCCc1cccc(OC(=O)CCCCCCCBr)c1. The molecule has 3 heteroatoms. The molecule has 2 nitrogen and oxygen atoms in total. The van der Waals surface area contributed by atoms with E-state index in [4.69, 9.17) is 4.74 Å². The van der Waals surface area contributed by atoms with Gasteiger partial charge in [-0.15, -0.1) is 0 Å². The molecular formula is C19H29BrO2. The van der Waals surface area contributed by atoms with Crippen LogP contribution in [0.3, 0.4) is 0 Å². The fraction of sp³-hybridized carbons (Fsp3) is 0.632. The average molecular weight is 369 g/mol. The Morgan fingerprint density at radius 2 is 1.82 bits per heavy atom. The summed E-state index contributed by atoms with van der Waals surface area (Å²) in [5.74, 6) is 0.587. The molecule has 0 fully saturated rings. The molecule has 0 aliphatic heterocycles. The average Bonchev–Trinajstić information content (AvgIpc) is 2.51. The number of hydrogen-bond donors (Lipinski definition) is 0. The third-order valence-corrected chi connectivity index (χ3v) is 4.27. The topological polar surface area (TPSA) is 26.3 Å². The van der Waals surface area contributed by atoms with E-state index in [0.29, 0.717) is 12.2 Å². The number of aryl methyl sites for hydroxylation is 1. The number of benzene rings is 1. The van der Waals surface area contributed by atoms with Gasteiger partial charge in [-0.2, -0.15) is 0 Å². The predicted molar refractivity (Wildman–Crippen MR) is 96.8 cm³/mol. The summed E-state index contributed by atoms with van der Waals surface area (Å²) in [5.41, 5.74) is 1.26. The van der Waals surface area contributed by atoms with Crippen molar-refractivity contribution in [1.82, 2.24) is 0 Å². The predicted octanol–water partition coefficient (Wildman–Crippen LogP) is 6.06. The van der Waals surface area contributed by atoms with Crippen LogP contribution < -0.4 is 4.74 Å². The first kappa shape index (κ1) is 19.2. The lowest BCUT2D eigenvalue weighted by Gasteiger charge is -2.07. The number of halogens is 1. The highest BCUT2D eigenvalue weighted by Crippen LogP contribution is 2.17. The van der Waals surface area contributed by atoms with Crippen LogP contribution in [0.5, 0.6) is 5.75 Å². The maximum atomic E-state index is 11.8. The summed E-state index contributed by atoms with van der Waals surface area (Å²) in [6, 6.07) is 7.96. The molecule has 0 bridgehead atoms. The summed E-state index contributed by atoms with van der Waals surface area (Å²) >= 11 is 3.43. The molecule has 0 N–H and O–H groups in total. The van der Waals surface area contributed by atoms with Gasteiger partial charge in [0, 0.05) is 11.8 Å². The van der Waals surface area contributed by atoms with Gasteiger partial charge in [-0.3, -0.25) is 4.79 Å². The Kier molecular flexibility index (Phi) is 11.1. The van der Waals surface area contributed by atoms with Crippen LogP contribution in [-0.2, 0) is 11.2 Å². The summed E-state index contributed by atoms with van der Waals surface area (Å²) in [5, 5.41) is 1.07. The minimum absolute atomic E-state index is 0.105. The number of unbranched alkanes of at least 4 members (excludes halogenated alkanes) is 6. The minimum atomic E-state index is -0.105. The van der Waals surface area contributed by atoms with Crippen LogP contribution in [0, 0.1) is 0 Å². The molecule has 1 rings (SSSR count). The summed E-state index contributed by atoms with van der Waals surface area (Å²) in [7, 11) is 0. The van der Waals surface area contributed by atoms with Crippen molar-refractivity contribution in [2.45, 2.75) is 71.1 Å². The molecule has 0 aromatic heterocycles. The molecule has 0 aliphatic carbocycles. The second-order valence-electron chi connectivity index (χ2n) is 5.79. The largest absolute Gasteiger partial charge is 0.427 e. The minimum Gasteiger partial charge on any atom is -0.427 e.